The highest BCUT2D eigenvalue weighted by atomic mass is 35.5. The summed E-state index contributed by atoms with van der Waals surface area (Å²) < 4.78 is 1.96. The van der Waals surface area contributed by atoms with Crippen LogP contribution in [0.1, 0.15) is 25.3 Å². The molecule has 1 fully saturated rings. The molecule has 3 heterocycles. The number of nitriles is 1. The number of anilines is 2. The molecule has 0 spiro atoms. The zero-order valence-electron chi connectivity index (χ0n) is 16.2. The summed E-state index contributed by atoms with van der Waals surface area (Å²) in [5.74, 6) is 0.567. The molecule has 1 amide bonds. The van der Waals surface area contributed by atoms with E-state index in [2.05, 4.69) is 26.5 Å². The molecule has 154 valence electrons. The highest BCUT2D eigenvalue weighted by Crippen LogP contribution is 2.32. The van der Waals surface area contributed by atoms with E-state index in [1.165, 1.54) is 23.1 Å². The van der Waals surface area contributed by atoms with Gasteiger partial charge < -0.3 is 10.2 Å². The summed E-state index contributed by atoms with van der Waals surface area (Å²) in [7, 11) is 0. The molecule has 0 saturated carbocycles. The molecule has 0 radical (unpaired) electrons. The van der Waals surface area contributed by atoms with Crippen LogP contribution in [0.15, 0.2) is 40.9 Å². The van der Waals surface area contributed by atoms with Crippen LogP contribution in [0.2, 0.25) is 5.02 Å². The van der Waals surface area contributed by atoms with Gasteiger partial charge >= 0.3 is 0 Å². The average Bonchev–Trinajstić information content (AvgIpc) is 3.48. The largest absolute Gasteiger partial charge is 0.341 e. The Labute approximate surface area is 187 Å². The van der Waals surface area contributed by atoms with Crippen molar-refractivity contribution in [2.24, 2.45) is 0 Å². The molecule has 1 aliphatic heterocycles. The molecule has 3 aromatic rings. The van der Waals surface area contributed by atoms with E-state index in [0.717, 1.165) is 37.6 Å². The minimum Gasteiger partial charge on any atom is -0.341 e. The van der Waals surface area contributed by atoms with E-state index < -0.39 is 5.25 Å². The first-order valence-corrected chi connectivity index (χ1v) is 11.6. The van der Waals surface area contributed by atoms with Crippen molar-refractivity contribution in [3.8, 4) is 11.8 Å². The summed E-state index contributed by atoms with van der Waals surface area (Å²) in [6.07, 6.45) is 2.23. The SMILES string of the molecule is CC(Sc1nnc(N2CCCC2)n1-c1cccc(Cl)c1)C(=O)Nc1sccc1C#N. The number of amides is 1. The lowest BCUT2D eigenvalue weighted by Gasteiger charge is -2.19. The highest BCUT2D eigenvalue weighted by molar-refractivity contribution is 8.00. The Morgan fingerprint density at radius 1 is 1.33 bits per heavy atom. The number of carbonyl (C=O) groups excluding carboxylic acids is 1. The topological polar surface area (TPSA) is 86.8 Å². The Hall–Kier alpha value is -2.54. The maximum absolute atomic E-state index is 12.7. The summed E-state index contributed by atoms with van der Waals surface area (Å²) >= 11 is 8.88. The maximum atomic E-state index is 12.7. The molecule has 1 aromatic carbocycles. The fourth-order valence-electron chi connectivity index (χ4n) is 3.22. The van der Waals surface area contributed by atoms with Crippen molar-refractivity contribution in [3.05, 3.63) is 46.3 Å². The molecule has 1 atom stereocenters. The Bertz CT molecular complexity index is 1100. The molecule has 1 N–H and O–H groups in total. The number of halogens is 1. The minimum atomic E-state index is -0.438. The van der Waals surface area contributed by atoms with Gasteiger partial charge in [0.1, 0.15) is 11.1 Å². The molecule has 30 heavy (non-hydrogen) atoms. The first-order valence-electron chi connectivity index (χ1n) is 9.48. The third-order valence-electron chi connectivity index (χ3n) is 4.75. The summed E-state index contributed by atoms with van der Waals surface area (Å²) in [5.41, 5.74) is 1.32. The summed E-state index contributed by atoms with van der Waals surface area (Å²) in [5, 5.41) is 23.9. The van der Waals surface area contributed by atoms with Crippen LogP contribution in [-0.4, -0.2) is 39.0 Å². The molecule has 0 aliphatic carbocycles. The number of thioether (sulfide) groups is 1. The van der Waals surface area contributed by atoms with Crippen molar-refractivity contribution >= 4 is 51.6 Å². The van der Waals surface area contributed by atoms with E-state index >= 15 is 0 Å². The second kappa shape index (κ2) is 9.08. The van der Waals surface area contributed by atoms with Crippen LogP contribution in [0.3, 0.4) is 0 Å². The van der Waals surface area contributed by atoms with Gasteiger partial charge in [0.15, 0.2) is 5.16 Å². The van der Waals surface area contributed by atoms with Crippen LogP contribution in [0.4, 0.5) is 10.9 Å². The lowest BCUT2D eigenvalue weighted by atomic mass is 10.3. The lowest BCUT2D eigenvalue weighted by Crippen LogP contribution is -2.24. The molecule has 1 saturated heterocycles. The van der Waals surface area contributed by atoms with Gasteiger partial charge in [-0.3, -0.25) is 9.36 Å². The molecular formula is C20H19ClN6OS2. The quantitative estimate of drug-likeness (QED) is 0.544. The number of benzene rings is 1. The van der Waals surface area contributed by atoms with Crippen molar-refractivity contribution in [2.75, 3.05) is 23.3 Å². The van der Waals surface area contributed by atoms with Crippen LogP contribution in [0.5, 0.6) is 0 Å². The molecule has 1 unspecified atom stereocenters. The number of carbonyl (C=O) groups is 1. The van der Waals surface area contributed by atoms with E-state index in [4.69, 9.17) is 16.9 Å². The Kier molecular flexibility index (Phi) is 6.27. The first-order chi connectivity index (χ1) is 14.6. The number of rotatable bonds is 6. The van der Waals surface area contributed by atoms with Crippen molar-refractivity contribution in [2.45, 2.75) is 30.2 Å². The van der Waals surface area contributed by atoms with Crippen molar-refractivity contribution in [1.82, 2.24) is 14.8 Å². The van der Waals surface area contributed by atoms with E-state index in [0.29, 0.717) is 20.7 Å². The summed E-state index contributed by atoms with van der Waals surface area (Å²) in [6.45, 7) is 3.66. The van der Waals surface area contributed by atoms with Crippen molar-refractivity contribution in [3.63, 3.8) is 0 Å². The number of aromatic nitrogens is 3. The number of nitrogens with zero attached hydrogens (tertiary/aromatic N) is 5. The molecule has 7 nitrogen and oxygen atoms in total. The predicted octanol–water partition coefficient (Wildman–Crippen LogP) is 4.57. The lowest BCUT2D eigenvalue weighted by molar-refractivity contribution is -0.115. The summed E-state index contributed by atoms with van der Waals surface area (Å²) in [6, 6.07) is 11.3. The highest BCUT2D eigenvalue weighted by Gasteiger charge is 2.25. The van der Waals surface area contributed by atoms with Crippen LogP contribution < -0.4 is 10.2 Å². The number of nitrogens with one attached hydrogen (secondary N) is 1. The third kappa shape index (κ3) is 4.31. The van der Waals surface area contributed by atoms with Crippen molar-refractivity contribution in [1.29, 1.82) is 5.26 Å². The van der Waals surface area contributed by atoms with Crippen molar-refractivity contribution < 1.29 is 4.79 Å². The standard InChI is InChI=1S/C20H19ClN6OS2/c1-13(17(28)23-18-14(12-22)7-10-29-18)30-20-25-24-19(26-8-2-3-9-26)27(20)16-6-4-5-15(21)11-16/h4-7,10-11,13H,2-3,8-9H2,1H3,(H,23,28). The Morgan fingerprint density at radius 2 is 2.13 bits per heavy atom. The van der Waals surface area contributed by atoms with Gasteiger partial charge in [0.2, 0.25) is 11.9 Å². The van der Waals surface area contributed by atoms with Crippen LogP contribution >= 0.6 is 34.7 Å². The predicted molar refractivity (Wildman–Crippen MR) is 121 cm³/mol. The van der Waals surface area contributed by atoms with E-state index in [-0.39, 0.29) is 5.91 Å². The number of hydrogen-bond donors (Lipinski definition) is 1. The van der Waals surface area contributed by atoms with Gasteiger partial charge in [0.25, 0.3) is 0 Å². The van der Waals surface area contributed by atoms with Crippen LogP contribution in [0.25, 0.3) is 5.69 Å². The smallest absolute Gasteiger partial charge is 0.238 e. The van der Waals surface area contributed by atoms with Gasteiger partial charge in [0.05, 0.1) is 16.5 Å². The molecular weight excluding hydrogens is 440 g/mol. The fraction of sp³-hybridized carbons (Fsp3) is 0.300. The monoisotopic (exact) mass is 458 g/mol. The van der Waals surface area contributed by atoms with Gasteiger partial charge in [-0.05, 0) is 49.4 Å². The summed E-state index contributed by atoms with van der Waals surface area (Å²) in [4.78, 5) is 14.9. The fourth-order valence-corrected chi connectivity index (χ4v) is 5.01. The van der Waals surface area contributed by atoms with Gasteiger partial charge in [-0.25, -0.2) is 0 Å². The van der Waals surface area contributed by atoms with Gasteiger partial charge in [-0.15, -0.1) is 21.5 Å². The first kappa shape index (κ1) is 20.7. The maximum Gasteiger partial charge on any atom is 0.238 e. The zero-order valence-corrected chi connectivity index (χ0v) is 18.6. The number of thiophene rings is 1. The normalized spacial score (nSPS) is 14.5. The molecule has 0 bridgehead atoms. The van der Waals surface area contributed by atoms with Gasteiger partial charge in [-0.2, -0.15) is 5.26 Å². The van der Waals surface area contributed by atoms with E-state index in [1.807, 2.05) is 35.8 Å². The van der Waals surface area contributed by atoms with E-state index in [1.54, 1.807) is 11.4 Å². The zero-order chi connectivity index (χ0) is 21.1. The number of hydrogen-bond acceptors (Lipinski definition) is 7. The van der Waals surface area contributed by atoms with E-state index in [9.17, 15) is 4.79 Å². The second-order valence-electron chi connectivity index (χ2n) is 6.82. The Morgan fingerprint density at radius 3 is 2.87 bits per heavy atom. The van der Waals surface area contributed by atoms with Crippen LogP contribution in [0, 0.1) is 11.3 Å². The molecule has 1 aliphatic rings. The third-order valence-corrected chi connectivity index (χ3v) is 6.85. The molecule has 2 aromatic heterocycles. The minimum absolute atomic E-state index is 0.192. The van der Waals surface area contributed by atoms with Crippen LogP contribution in [-0.2, 0) is 4.79 Å². The van der Waals surface area contributed by atoms with Gasteiger partial charge in [-0.1, -0.05) is 29.4 Å². The average molecular weight is 459 g/mol. The molecule has 10 heteroatoms. The van der Waals surface area contributed by atoms with Gasteiger partial charge in [0, 0.05) is 18.1 Å². The molecule has 4 rings (SSSR count). The Balaban J connectivity index is 1.60. The second-order valence-corrected chi connectivity index (χ2v) is 9.48.